The lowest BCUT2D eigenvalue weighted by Gasteiger charge is -2.20. The summed E-state index contributed by atoms with van der Waals surface area (Å²) in [6, 6.07) is 16.7. The molecule has 3 aromatic carbocycles. The van der Waals surface area contributed by atoms with E-state index in [1.807, 2.05) is 12.1 Å². The molecule has 0 saturated heterocycles. The molecule has 30 heavy (non-hydrogen) atoms. The van der Waals surface area contributed by atoms with Crippen molar-refractivity contribution in [3.05, 3.63) is 83.7 Å². The van der Waals surface area contributed by atoms with Gasteiger partial charge in [0.05, 0.1) is 17.7 Å². The topological polar surface area (TPSA) is 72.9 Å². The van der Waals surface area contributed by atoms with Crippen molar-refractivity contribution in [3.8, 4) is 11.5 Å². The first kappa shape index (κ1) is 19.9. The summed E-state index contributed by atoms with van der Waals surface area (Å²) >= 11 is 0. The van der Waals surface area contributed by atoms with Crippen LogP contribution < -0.4 is 13.8 Å². The molecule has 0 amide bonds. The Hall–Kier alpha value is -3.39. The number of halogens is 1. The van der Waals surface area contributed by atoms with Gasteiger partial charge in [-0.1, -0.05) is 30.3 Å². The fourth-order valence-electron chi connectivity index (χ4n) is 3.37. The highest BCUT2D eigenvalue weighted by Crippen LogP contribution is 2.34. The summed E-state index contributed by atoms with van der Waals surface area (Å²) in [7, 11) is -2.57. The molecule has 0 N–H and O–H groups in total. The normalized spacial score (nSPS) is 13.1. The molecule has 0 radical (unpaired) electrons. The van der Waals surface area contributed by atoms with Gasteiger partial charge in [-0.15, -0.1) is 0 Å². The first-order valence-electron chi connectivity index (χ1n) is 9.17. The van der Waals surface area contributed by atoms with Gasteiger partial charge in [-0.05, 0) is 48.4 Å². The first-order valence-corrected chi connectivity index (χ1v) is 10.6. The lowest BCUT2D eigenvalue weighted by molar-refractivity contribution is 0.0724. The van der Waals surface area contributed by atoms with Crippen LogP contribution in [0.5, 0.6) is 11.5 Å². The van der Waals surface area contributed by atoms with Crippen LogP contribution in [0.1, 0.15) is 15.9 Å². The highest BCUT2D eigenvalue weighted by Gasteiger charge is 2.32. The monoisotopic (exact) mass is 427 g/mol. The summed E-state index contributed by atoms with van der Waals surface area (Å²) in [4.78, 5) is 12.6. The molecule has 1 heterocycles. The highest BCUT2D eigenvalue weighted by molar-refractivity contribution is 7.92. The molecule has 0 saturated carbocycles. The molecule has 0 aliphatic carbocycles. The Labute approximate surface area is 173 Å². The fourth-order valence-corrected chi connectivity index (χ4v) is 4.90. The van der Waals surface area contributed by atoms with E-state index in [0.29, 0.717) is 18.7 Å². The van der Waals surface area contributed by atoms with Crippen LogP contribution in [-0.2, 0) is 16.4 Å². The number of carbonyl (C=O) groups is 1. The Bertz CT molecular complexity index is 1230. The van der Waals surface area contributed by atoms with Crippen molar-refractivity contribution in [1.82, 2.24) is 0 Å². The van der Waals surface area contributed by atoms with Crippen molar-refractivity contribution >= 4 is 21.7 Å². The Kier molecular flexibility index (Phi) is 5.17. The van der Waals surface area contributed by atoms with Gasteiger partial charge in [0.15, 0.2) is 11.6 Å². The summed E-state index contributed by atoms with van der Waals surface area (Å²) in [5.41, 5.74) is 1.44. The van der Waals surface area contributed by atoms with Crippen LogP contribution in [0.25, 0.3) is 0 Å². The van der Waals surface area contributed by atoms with Gasteiger partial charge in [0.25, 0.3) is 10.0 Å². The van der Waals surface area contributed by atoms with Gasteiger partial charge < -0.3 is 9.47 Å². The van der Waals surface area contributed by atoms with Gasteiger partial charge in [-0.2, -0.15) is 0 Å². The summed E-state index contributed by atoms with van der Waals surface area (Å²) in [5.74, 6) is -1.76. The van der Waals surface area contributed by atoms with Gasteiger partial charge in [0, 0.05) is 6.54 Å². The molecule has 0 spiro atoms. The third-order valence-corrected chi connectivity index (χ3v) is 6.67. The van der Waals surface area contributed by atoms with E-state index in [2.05, 4.69) is 0 Å². The number of hydrogen-bond acceptors (Lipinski definition) is 5. The molecule has 3 aromatic rings. The average molecular weight is 427 g/mol. The van der Waals surface area contributed by atoms with E-state index in [-0.39, 0.29) is 22.0 Å². The summed E-state index contributed by atoms with van der Waals surface area (Å²) in [5, 5.41) is 0. The Morgan fingerprint density at radius 2 is 1.73 bits per heavy atom. The Morgan fingerprint density at radius 3 is 2.50 bits per heavy atom. The summed E-state index contributed by atoms with van der Waals surface area (Å²) in [6.07, 6.45) is 0.605. The second kappa shape index (κ2) is 7.79. The number of benzene rings is 3. The Morgan fingerprint density at radius 1 is 1.00 bits per heavy atom. The number of fused-ring (bicyclic) bond motifs is 1. The van der Waals surface area contributed by atoms with Crippen molar-refractivity contribution in [2.45, 2.75) is 11.3 Å². The van der Waals surface area contributed by atoms with Crippen LogP contribution >= 0.6 is 0 Å². The van der Waals surface area contributed by atoms with E-state index >= 15 is 0 Å². The molecule has 0 unspecified atom stereocenters. The highest BCUT2D eigenvalue weighted by atomic mass is 32.2. The van der Waals surface area contributed by atoms with Crippen molar-refractivity contribution in [1.29, 1.82) is 0 Å². The molecule has 4 rings (SSSR count). The van der Waals surface area contributed by atoms with Crippen LogP contribution in [-0.4, -0.2) is 28.0 Å². The van der Waals surface area contributed by atoms with E-state index in [1.54, 1.807) is 12.1 Å². The number of hydrogen-bond donors (Lipinski definition) is 0. The number of rotatable bonds is 5. The van der Waals surface area contributed by atoms with Crippen molar-refractivity contribution < 1.29 is 27.1 Å². The van der Waals surface area contributed by atoms with Crippen LogP contribution in [0.2, 0.25) is 0 Å². The van der Waals surface area contributed by atoms with Crippen LogP contribution in [0.3, 0.4) is 0 Å². The molecule has 0 fully saturated rings. The van der Waals surface area contributed by atoms with Crippen molar-refractivity contribution in [2.75, 3.05) is 18.0 Å². The molecule has 6 nitrogen and oxygen atoms in total. The molecule has 0 atom stereocenters. The number of ether oxygens (including phenoxy) is 2. The van der Waals surface area contributed by atoms with Gasteiger partial charge in [0.2, 0.25) is 0 Å². The number of sulfonamides is 1. The predicted molar refractivity (Wildman–Crippen MR) is 109 cm³/mol. The van der Waals surface area contributed by atoms with Crippen molar-refractivity contribution in [2.24, 2.45) is 0 Å². The summed E-state index contributed by atoms with van der Waals surface area (Å²) < 4.78 is 52.0. The molecule has 154 valence electrons. The number of anilines is 1. The molecular weight excluding hydrogens is 409 g/mol. The molecule has 1 aliphatic heterocycles. The van der Waals surface area contributed by atoms with E-state index in [4.69, 9.17) is 9.47 Å². The second-order valence-corrected chi connectivity index (χ2v) is 8.50. The third-order valence-electron chi connectivity index (χ3n) is 4.86. The van der Waals surface area contributed by atoms with Gasteiger partial charge in [-0.25, -0.2) is 17.6 Å². The summed E-state index contributed by atoms with van der Waals surface area (Å²) in [6.45, 7) is 0.308. The van der Waals surface area contributed by atoms with Crippen LogP contribution in [0.4, 0.5) is 10.1 Å². The van der Waals surface area contributed by atoms with E-state index < -0.39 is 21.8 Å². The minimum Gasteiger partial charge on any atom is -0.496 e. The Balaban J connectivity index is 1.71. The zero-order valence-electron chi connectivity index (χ0n) is 16.0. The number of para-hydroxylation sites is 2. The maximum Gasteiger partial charge on any atom is 0.347 e. The number of methoxy groups -OCH3 is 1. The van der Waals surface area contributed by atoms with E-state index in [9.17, 15) is 17.6 Å². The lowest BCUT2D eigenvalue weighted by Crippen LogP contribution is -2.29. The minimum absolute atomic E-state index is 0.0829. The smallest absolute Gasteiger partial charge is 0.347 e. The maximum atomic E-state index is 13.9. The molecule has 0 bridgehead atoms. The second-order valence-electron chi connectivity index (χ2n) is 6.64. The molecular formula is C22H18FNO5S. The van der Waals surface area contributed by atoms with Gasteiger partial charge in [0.1, 0.15) is 11.3 Å². The predicted octanol–water partition coefficient (Wildman–Crippen LogP) is 3.80. The zero-order valence-corrected chi connectivity index (χ0v) is 16.9. The van der Waals surface area contributed by atoms with Gasteiger partial charge >= 0.3 is 5.97 Å². The molecule has 8 heteroatoms. The standard InChI is InChI=1S/C22H18FNO5S/c1-28-20-11-10-16(14-17(20)22(25)29-21-9-5-3-7-18(21)23)30(26,27)24-13-12-15-6-2-4-8-19(15)24/h2-11,14H,12-13H2,1H3. The van der Waals surface area contributed by atoms with Gasteiger partial charge in [-0.3, -0.25) is 4.31 Å². The van der Waals surface area contributed by atoms with E-state index in [0.717, 1.165) is 11.6 Å². The number of esters is 1. The fraction of sp³-hybridized carbons (Fsp3) is 0.136. The first-order chi connectivity index (χ1) is 14.4. The van der Waals surface area contributed by atoms with E-state index in [1.165, 1.54) is 47.8 Å². The van der Waals surface area contributed by atoms with Crippen LogP contribution in [0, 0.1) is 5.82 Å². The lowest BCUT2D eigenvalue weighted by atomic mass is 10.2. The largest absolute Gasteiger partial charge is 0.496 e. The number of nitrogens with zero attached hydrogens (tertiary/aromatic N) is 1. The molecule has 1 aliphatic rings. The zero-order chi connectivity index (χ0) is 21.3. The quantitative estimate of drug-likeness (QED) is 0.457. The SMILES string of the molecule is COc1ccc(S(=O)(=O)N2CCc3ccccc32)cc1C(=O)Oc1ccccc1F. The third kappa shape index (κ3) is 3.50. The van der Waals surface area contributed by atoms with Crippen LogP contribution in [0.15, 0.2) is 71.6 Å². The maximum absolute atomic E-state index is 13.9. The van der Waals surface area contributed by atoms with Crippen molar-refractivity contribution in [3.63, 3.8) is 0 Å². The molecule has 0 aromatic heterocycles. The average Bonchev–Trinajstić information content (AvgIpc) is 3.20. The minimum atomic E-state index is -3.92. The number of carbonyl (C=O) groups excluding carboxylic acids is 1.